The molecule has 0 amide bonds. The number of hydrogen-bond acceptors (Lipinski definition) is 2. The number of hydrogen-bond donors (Lipinski definition) is 2. The number of aliphatic hydroxyl groups excluding tert-OH is 1. The molecule has 45 heavy (non-hydrogen) atoms. The van der Waals surface area contributed by atoms with Crippen molar-refractivity contribution in [2.24, 2.45) is 5.41 Å². The second-order valence-corrected chi connectivity index (χ2v) is 14.1. The summed E-state index contributed by atoms with van der Waals surface area (Å²) < 4.78 is 0. The van der Waals surface area contributed by atoms with Gasteiger partial charge in [-0.2, -0.15) is 0 Å². The summed E-state index contributed by atoms with van der Waals surface area (Å²) in [6, 6.07) is 29.8. The maximum atomic E-state index is 11.3. The van der Waals surface area contributed by atoms with E-state index in [0.717, 1.165) is 40.3 Å². The molecule has 0 heterocycles. The fourth-order valence-electron chi connectivity index (χ4n) is 7.73. The summed E-state index contributed by atoms with van der Waals surface area (Å²) in [6.07, 6.45) is 8.21. The number of aliphatic carboxylic acids is 1. The van der Waals surface area contributed by atoms with Crippen LogP contribution >= 0.6 is 0 Å². The molecule has 0 radical (unpaired) electrons. The number of fused-ring (bicyclic) bond motifs is 5. The van der Waals surface area contributed by atoms with E-state index < -0.39 is 11.7 Å². The van der Waals surface area contributed by atoms with E-state index in [-0.39, 0.29) is 10.8 Å². The van der Waals surface area contributed by atoms with Crippen LogP contribution in [0.5, 0.6) is 0 Å². The average Bonchev–Trinajstić information content (AvgIpc) is 2.99. The summed E-state index contributed by atoms with van der Waals surface area (Å²) in [4.78, 5) is 11.3. The number of carbonyl (C=O) groups is 1. The lowest BCUT2D eigenvalue weighted by atomic mass is 9.64. The quantitative estimate of drug-likeness (QED) is 0.162. The molecule has 0 bridgehead atoms. The highest BCUT2D eigenvalue weighted by Gasteiger charge is 2.36. The first-order valence-corrected chi connectivity index (χ1v) is 15.7. The highest BCUT2D eigenvalue weighted by atomic mass is 16.4. The standard InChI is InChI=1S/C42H38O3/c1-25-19-36-28(14-16-34-31-17-18-41(2,3)23-30(31)24-42(4,5)39(34)36)22-35(25)33-15-13-27-10-6-7-12-32(27)38(33)29-11-8-9-26(20-29)21-37(43)40(44)45/h6-22,43H,23-24H2,1-5H3,(H,44,45). The van der Waals surface area contributed by atoms with Gasteiger partial charge < -0.3 is 10.2 Å². The Kier molecular flexibility index (Phi) is 6.63. The molecule has 2 aliphatic carbocycles. The van der Waals surface area contributed by atoms with Gasteiger partial charge in [-0.15, -0.1) is 0 Å². The molecule has 3 heteroatoms. The Morgan fingerprint density at radius 3 is 2.31 bits per heavy atom. The molecule has 0 saturated heterocycles. The second-order valence-electron chi connectivity index (χ2n) is 14.1. The van der Waals surface area contributed by atoms with Crippen molar-refractivity contribution in [3.05, 3.63) is 131 Å². The van der Waals surface area contributed by atoms with Crippen LogP contribution < -0.4 is 0 Å². The van der Waals surface area contributed by atoms with E-state index in [1.165, 1.54) is 44.7 Å². The van der Waals surface area contributed by atoms with Gasteiger partial charge in [0.05, 0.1) is 0 Å². The van der Waals surface area contributed by atoms with Gasteiger partial charge in [0.25, 0.3) is 0 Å². The number of carboxylic acids is 1. The lowest BCUT2D eigenvalue weighted by molar-refractivity contribution is -0.135. The van der Waals surface area contributed by atoms with Gasteiger partial charge in [0, 0.05) is 0 Å². The molecule has 2 N–H and O–H groups in total. The van der Waals surface area contributed by atoms with Gasteiger partial charge in [-0.05, 0) is 120 Å². The summed E-state index contributed by atoms with van der Waals surface area (Å²) in [5.41, 5.74) is 12.2. The van der Waals surface area contributed by atoms with Crippen LogP contribution in [0.15, 0.2) is 108 Å². The molecule has 5 aromatic rings. The Bertz CT molecular complexity index is 2150. The molecule has 7 rings (SSSR count). The van der Waals surface area contributed by atoms with Gasteiger partial charge in [-0.3, -0.25) is 0 Å². The van der Waals surface area contributed by atoms with E-state index in [1.54, 1.807) is 5.57 Å². The van der Waals surface area contributed by atoms with Gasteiger partial charge >= 0.3 is 5.97 Å². The van der Waals surface area contributed by atoms with Gasteiger partial charge in [-0.25, -0.2) is 4.79 Å². The molecular weight excluding hydrogens is 552 g/mol. The number of carboxylic acid groups (broad SMARTS) is 1. The first-order valence-electron chi connectivity index (χ1n) is 15.7. The van der Waals surface area contributed by atoms with E-state index in [4.69, 9.17) is 0 Å². The minimum atomic E-state index is -1.35. The minimum absolute atomic E-state index is 0.0203. The molecule has 5 aromatic carbocycles. The minimum Gasteiger partial charge on any atom is -0.502 e. The summed E-state index contributed by atoms with van der Waals surface area (Å²) in [5, 5.41) is 24.0. The highest BCUT2D eigenvalue weighted by molar-refractivity contribution is 6.06. The SMILES string of the molecule is Cc1cc2c3c(ccc2cc1-c1ccc2ccccc2c1-c1cccc(C=C(O)C(=O)O)c1)C1=C(CC(C)(C)C=C1)CC3(C)C. The molecule has 3 nitrogen and oxygen atoms in total. The Balaban J connectivity index is 1.44. The summed E-state index contributed by atoms with van der Waals surface area (Å²) >= 11 is 0. The van der Waals surface area contributed by atoms with Crippen LogP contribution in [-0.2, 0) is 10.2 Å². The number of benzene rings is 5. The van der Waals surface area contributed by atoms with E-state index in [0.29, 0.717) is 5.56 Å². The van der Waals surface area contributed by atoms with E-state index >= 15 is 0 Å². The van der Waals surface area contributed by atoms with Crippen molar-refractivity contribution in [3.8, 4) is 22.3 Å². The number of rotatable bonds is 4. The van der Waals surface area contributed by atoms with Crippen molar-refractivity contribution in [3.63, 3.8) is 0 Å². The molecule has 0 aromatic heterocycles. The Hall–Kier alpha value is -4.89. The van der Waals surface area contributed by atoms with Crippen LogP contribution in [0.25, 0.3) is 55.4 Å². The van der Waals surface area contributed by atoms with Crippen LogP contribution in [0, 0.1) is 12.3 Å². The third-order valence-corrected chi connectivity index (χ3v) is 9.66. The zero-order valence-electron chi connectivity index (χ0n) is 26.5. The third-order valence-electron chi connectivity index (χ3n) is 9.66. The van der Waals surface area contributed by atoms with E-state index in [1.807, 2.05) is 24.3 Å². The molecule has 224 valence electrons. The summed E-state index contributed by atoms with van der Waals surface area (Å²) in [5.74, 6) is -2.03. The van der Waals surface area contributed by atoms with Crippen molar-refractivity contribution >= 4 is 39.2 Å². The van der Waals surface area contributed by atoms with Crippen molar-refractivity contribution in [2.75, 3.05) is 0 Å². The lowest BCUT2D eigenvalue weighted by Crippen LogP contribution is -2.27. The van der Waals surface area contributed by atoms with E-state index in [2.05, 4.69) is 107 Å². The monoisotopic (exact) mass is 590 g/mol. The zero-order chi connectivity index (χ0) is 31.7. The predicted octanol–water partition coefficient (Wildman–Crippen LogP) is 11.0. The van der Waals surface area contributed by atoms with Crippen LogP contribution in [0.3, 0.4) is 0 Å². The first kappa shape index (κ1) is 28.9. The number of aliphatic hydroxyl groups is 1. The van der Waals surface area contributed by atoms with Crippen molar-refractivity contribution in [2.45, 2.75) is 52.9 Å². The summed E-state index contributed by atoms with van der Waals surface area (Å²) in [7, 11) is 0. The Morgan fingerprint density at radius 1 is 0.756 bits per heavy atom. The topological polar surface area (TPSA) is 57.5 Å². The largest absolute Gasteiger partial charge is 0.502 e. The third kappa shape index (κ3) is 4.97. The predicted molar refractivity (Wildman–Crippen MR) is 187 cm³/mol. The maximum absolute atomic E-state index is 11.3. The molecule has 0 atom stereocenters. The number of aryl methyl sites for hydroxylation is 1. The normalized spacial score (nSPS) is 17.0. The molecule has 0 spiro atoms. The molecule has 0 unspecified atom stereocenters. The molecule has 2 aliphatic rings. The van der Waals surface area contributed by atoms with Gasteiger partial charge in [0.15, 0.2) is 0 Å². The smallest absolute Gasteiger partial charge is 0.370 e. The summed E-state index contributed by atoms with van der Waals surface area (Å²) in [6.45, 7) is 11.7. The second kappa shape index (κ2) is 10.3. The van der Waals surface area contributed by atoms with Crippen molar-refractivity contribution in [1.82, 2.24) is 0 Å². The fourth-order valence-corrected chi connectivity index (χ4v) is 7.73. The Labute approximate surface area is 264 Å². The van der Waals surface area contributed by atoms with Crippen LogP contribution in [-0.4, -0.2) is 16.2 Å². The lowest BCUT2D eigenvalue weighted by Gasteiger charge is -2.40. The highest BCUT2D eigenvalue weighted by Crippen LogP contribution is 2.51. The molecule has 0 aliphatic heterocycles. The van der Waals surface area contributed by atoms with Gasteiger partial charge in [0.2, 0.25) is 5.76 Å². The van der Waals surface area contributed by atoms with Crippen molar-refractivity contribution < 1.29 is 15.0 Å². The van der Waals surface area contributed by atoms with Crippen LogP contribution in [0.1, 0.15) is 62.8 Å². The molecule has 0 fully saturated rings. The average molecular weight is 591 g/mol. The Morgan fingerprint density at radius 2 is 1.51 bits per heavy atom. The van der Waals surface area contributed by atoms with Crippen molar-refractivity contribution in [1.29, 1.82) is 0 Å². The maximum Gasteiger partial charge on any atom is 0.370 e. The zero-order valence-corrected chi connectivity index (χ0v) is 26.5. The van der Waals surface area contributed by atoms with Gasteiger partial charge in [-0.1, -0.05) is 118 Å². The fraction of sp³-hybridized carbons (Fsp3) is 0.214. The number of allylic oxidation sites excluding steroid dienone is 4. The van der Waals surface area contributed by atoms with Gasteiger partial charge in [0.1, 0.15) is 0 Å². The van der Waals surface area contributed by atoms with Crippen LogP contribution in [0.2, 0.25) is 0 Å². The molecule has 0 saturated carbocycles. The van der Waals surface area contributed by atoms with Crippen LogP contribution in [0.4, 0.5) is 0 Å². The first-order chi connectivity index (χ1) is 21.4. The molecular formula is C42H38O3. The van der Waals surface area contributed by atoms with E-state index in [9.17, 15) is 15.0 Å².